The molecular formula is C9H11F3O5S. The SMILES string of the molecule is O=C(O)C1=C(OS(=O)(=O)C(F)(F)F)CCCCC1. The topological polar surface area (TPSA) is 80.7 Å². The molecule has 0 atom stereocenters. The number of alkyl halides is 3. The maximum Gasteiger partial charge on any atom is 0.534 e. The summed E-state index contributed by atoms with van der Waals surface area (Å²) in [7, 11) is -5.80. The lowest BCUT2D eigenvalue weighted by Crippen LogP contribution is -2.26. The Morgan fingerprint density at radius 1 is 1.17 bits per heavy atom. The van der Waals surface area contributed by atoms with Crippen molar-refractivity contribution in [3.63, 3.8) is 0 Å². The van der Waals surface area contributed by atoms with Crippen molar-refractivity contribution in [2.45, 2.75) is 37.6 Å². The average molecular weight is 288 g/mol. The van der Waals surface area contributed by atoms with E-state index < -0.39 is 32.9 Å². The van der Waals surface area contributed by atoms with Crippen LogP contribution in [0.3, 0.4) is 0 Å². The van der Waals surface area contributed by atoms with Crippen LogP contribution in [0, 0.1) is 0 Å². The smallest absolute Gasteiger partial charge is 0.478 e. The van der Waals surface area contributed by atoms with Gasteiger partial charge in [-0.3, -0.25) is 0 Å². The highest BCUT2D eigenvalue weighted by atomic mass is 32.2. The normalized spacial score (nSPS) is 18.4. The van der Waals surface area contributed by atoms with Gasteiger partial charge >= 0.3 is 21.6 Å². The molecule has 0 radical (unpaired) electrons. The van der Waals surface area contributed by atoms with Crippen molar-refractivity contribution < 1.29 is 35.7 Å². The summed E-state index contributed by atoms with van der Waals surface area (Å²) in [4.78, 5) is 10.8. The van der Waals surface area contributed by atoms with Gasteiger partial charge in [-0.15, -0.1) is 0 Å². The lowest BCUT2D eigenvalue weighted by Gasteiger charge is -2.13. The maximum atomic E-state index is 12.1. The number of carboxylic acid groups (broad SMARTS) is 1. The third kappa shape index (κ3) is 3.37. The summed E-state index contributed by atoms with van der Waals surface area (Å²) in [5.74, 6) is -2.07. The van der Waals surface area contributed by atoms with E-state index in [0.29, 0.717) is 19.3 Å². The average Bonchev–Trinajstić information content (AvgIpc) is 2.40. The van der Waals surface area contributed by atoms with Crippen molar-refractivity contribution in [1.29, 1.82) is 0 Å². The van der Waals surface area contributed by atoms with E-state index in [0.717, 1.165) is 0 Å². The fourth-order valence-electron chi connectivity index (χ4n) is 1.55. The quantitative estimate of drug-likeness (QED) is 0.635. The summed E-state index contributed by atoms with van der Waals surface area (Å²) in [6, 6.07) is 0. The van der Waals surface area contributed by atoms with E-state index in [1.54, 1.807) is 0 Å². The molecule has 0 spiro atoms. The van der Waals surface area contributed by atoms with E-state index in [-0.39, 0.29) is 12.8 Å². The van der Waals surface area contributed by atoms with Gasteiger partial charge in [0, 0.05) is 6.42 Å². The Kier molecular flexibility index (Phi) is 4.25. The second-order valence-electron chi connectivity index (χ2n) is 3.75. The molecule has 18 heavy (non-hydrogen) atoms. The molecule has 0 heterocycles. The van der Waals surface area contributed by atoms with E-state index in [1.807, 2.05) is 0 Å². The number of allylic oxidation sites excluding steroid dienone is 1. The minimum Gasteiger partial charge on any atom is -0.478 e. The third-order valence-electron chi connectivity index (χ3n) is 2.42. The van der Waals surface area contributed by atoms with E-state index in [2.05, 4.69) is 4.18 Å². The van der Waals surface area contributed by atoms with Crippen LogP contribution in [0.5, 0.6) is 0 Å². The molecule has 5 nitrogen and oxygen atoms in total. The molecule has 0 amide bonds. The largest absolute Gasteiger partial charge is 0.534 e. The Morgan fingerprint density at radius 2 is 1.72 bits per heavy atom. The molecule has 9 heteroatoms. The Balaban J connectivity index is 3.08. The van der Waals surface area contributed by atoms with Gasteiger partial charge in [0.25, 0.3) is 0 Å². The van der Waals surface area contributed by atoms with Gasteiger partial charge < -0.3 is 9.29 Å². The minimum atomic E-state index is -5.80. The molecule has 0 saturated carbocycles. The van der Waals surface area contributed by atoms with Crippen molar-refractivity contribution in [3.05, 3.63) is 11.3 Å². The summed E-state index contributed by atoms with van der Waals surface area (Å²) in [6.07, 6.45) is 1.34. The fourth-order valence-corrected chi connectivity index (χ4v) is 2.10. The lowest BCUT2D eigenvalue weighted by molar-refractivity contribution is -0.133. The summed E-state index contributed by atoms with van der Waals surface area (Å²) < 4.78 is 62.0. The first-order chi connectivity index (χ1) is 8.15. The second kappa shape index (κ2) is 5.17. The Hall–Kier alpha value is -1.25. The van der Waals surface area contributed by atoms with Crippen LogP contribution in [0.1, 0.15) is 32.1 Å². The number of halogens is 3. The van der Waals surface area contributed by atoms with E-state index in [1.165, 1.54) is 0 Å². The van der Waals surface area contributed by atoms with Crippen LogP contribution < -0.4 is 0 Å². The third-order valence-corrected chi connectivity index (χ3v) is 3.41. The number of hydrogen-bond donors (Lipinski definition) is 1. The summed E-state index contributed by atoms with van der Waals surface area (Å²) in [6.45, 7) is 0. The molecule has 0 bridgehead atoms. The predicted molar refractivity (Wildman–Crippen MR) is 53.8 cm³/mol. The van der Waals surface area contributed by atoms with Gasteiger partial charge in [0.15, 0.2) is 0 Å². The Labute approximate surface area is 101 Å². The number of aliphatic carboxylic acids is 1. The van der Waals surface area contributed by atoms with E-state index >= 15 is 0 Å². The van der Waals surface area contributed by atoms with Crippen LogP contribution in [0.25, 0.3) is 0 Å². The van der Waals surface area contributed by atoms with Crippen LogP contribution in [-0.4, -0.2) is 25.0 Å². The molecule has 0 aromatic carbocycles. The lowest BCUT2D eigenvalue weighted by atomic mass is 10.1. The monoisotopic (exact) mass is 288 g/mol. The van der Waals surface area contributed by atoms with Crippen LogP contribution in [0.2, 0.25) is 0 Å². The van der Waals surface area contributed by atoms with Gasteiger partial charge in [-0.05, 0) is 19.3 Å². The minimum absolute atomic E-state index is 0.00194. The van der Waals surface area contributed by atoms with Gasteiger partial charge in [-0.25, -0.2) is 4.79 Å². The molecule has 0 aromatic heterocycles. The zero-order chi connectivity index (χ0) is 14.0. The number of carboxylic acids is 1. The number of carbonyl (C=O) groups is 1. The van der Waals surface area contributed by atoms with Crippen LogP contribution in [0.4, 0.5) is 13.2 Å². The zero-order valence-corrected chi connectivity index (χ0v) is 9.97. The van der Waals surface area contributed by atoms with E-state index in [4.69, 9.17) is 5.11 Å². The number of hydrogen-bond acceptors (Lipinski definition) is 4. The molecule has 1 N–H and O–H groups in total. The summed E-state index contributed by atoms with van der Waals surface area (Å²) in [5.41, 5.74) is -5.96. The first kappa shape index (κ1) is 14.8. The predicted octanol–water partition coefficient (Wildman–Crippen LogP) is 2.16. The molecule has 1 rings (SSSR count). The highest BCUT2D eigenvalue weighted by Gasteiger charge is 2.49. The first-order valence-corrected chi connectivity index (χ1v) is 6.52. The molecule has 0 fully saturated rings. The Morgan fingerprint density at radius 3 is 2.22 bits per heavy atom. The second-order valence-corrected chi connectivity index (χ2v) is 5.29. The molecule has 1 aliphatic carbocycles. The van der Waals surface area contributed by atoms with Crippen molar-refractivity contribution in [2.75, 3.05) is 0 Å². The molecule has 0 unspecified atom stereocenters. The van der Waals surface area contributed by atoms with Crippen molar-refractivity contribution in [3.8, 4) is 0 Å². The summed E-state index contributed by atoms with van der Waals surface area (Å²) >= 11 is 0. The maximum absolute atomic E-state index is 12.1. The van der Waals surface area contributed by atoms with Crippen molar-refractivity contribution in [1.82, 2.24) is 0 Å². The molecule has 0 aromatic rings. The van der Waals surface area contributed by atoms with E-state index in [9.17, 15) is 26.4 Å². The molecule has 0 aliphatic heterocycles. The fraction of sp³-hybridized carbons (Fsp3) is 0.667. The standard InChI is InChI=1S/C9H11F3O5S/c10-9(11,12)18(15,16)17-7-5-3-1-2-4-6(7)8(13)14/h1-5H2,(H,13,14). The van der Waals surface area contributed by atoms with Gasteiger partial charge in [-0.1, -0.05) is 6.42 Å². The number of rotatable bonds is 3. The van der Waals surface area contributed by atoms with Gasteiger partial charge in [-0.2, -0.15) is 21.6 Å². The van der Waals surface area contributed by atoms with Crippen molar-refractivity contribution >= 4 is 16.1 Å². The summed E-state index contributed by atoms with van der Waals surface area (Å²) in [5, 5.41) is 8.82. The van der Waals surface area contributed by atoms with Crippen LogP contribution >= 0.6 is 0 Å². The zero-order valence-electron chi connectivity index (χ0n) is 9.16. The highest BCUT2D eigenvalue weighted by Crippen LogP contribution is 2.31. The highest BCUT2D eigenvalue weighted by molar-refractivity contribution is 7.87. The molecular weight excluding hydrogens is 277 g/mol. The van der Waals surface area contributed by atoms with Gasteiger partial charge in [0.2, 0.25) is 0 Å². The van der Waals surface area contributed by atoms with Crippen LogP contribution in [0.15, 0.2) is 11.3 Å². The first-order valence-electron chi connectivity index (χ1n) is 5.11. The van der Waals surface area contributed by atoms with Crippen LogP contribution in [-0.2, 0) is 19.1 Å². The molecule has 0 saturated heterocycles. The molecule has 1 aliphatic rings. The Bertz CT molecular complexity index is 463. The molecule has 104 valence electrons. The van der Waals surface area contributed by atoms with Gasteiger partial charge in [0.05, 0.1) is 5.57 Å². The van der Waals surface area contributed by atoms with Crippen molar-refractivity contribution in [2.24, 2.45) is 0 Å². The van der Waals surface area contributed by atoms with Gasteiger partial charge in [0.1, 0.15) is 5.76 Å².